The molecule has 2 aromatic heterocycles. The molecule has 4 aliphatic rings. The van der Waals surface area contributed by atoms with Crippen molar-refractivity contribution >= 4 is 146 Å². The summed E-state index contributed by atoms with van der Waals surface area (Å²) < 4.78 is 45.7. The Balaban J connectivity index is 0.988. The maximum Gasteiger partial charge on any atom is 0.408 e. The molecule has 6 heterocycles. The van der Waals surface area contributed by atoms with Crippen molar-refractivity contribution in [1.82, 2.24) is 87.2 Å². The van der Waals surface area contributed by atoms with Gasteiger partial charge in [-0.25, -0.2) is 24.4 Å². The van der Waals surface area contributed by atoms with Gasteiger partial charge in [-0.2, -0.15) is 0 Å². The van der Waals surface area contributed by atoms with Crippen LogP contribution in [0.2, 0.25) is 0 Å². The van der Waals surface area contributed by atoms with Crippen molar-refractivity contribution in [2.45, 2.75) is 226 Å². The third kappa shape index (κ3) is 30.8. The molecule has 0 radical (unpaired) electrons. The number of alkyl carbamates (subject to hydrolysis) is 1. The summed E-state index contributed by atoms with van der Waals surface area (Å²) in [6.45, 7) is 12.8. The number of carbonyl (C=O) groups excluding carboxylic acids is 20. The Morgan fingerprint density at radius 2 is 1.01 bits per heavy atom. The number of benzene rings is 3. The van der Waals surface area contributed by atoms with E-state index in [9.17, 15) is 76.7 Å². The smallest absolute Gasteiger partial charge is 0.408 e. The number of carbonyl (C=O) groups is 20. The average molecular weight is 2000 g/mol. The Bertz CT molecular complexity index is 5560. The van der Waals surface area contributed by atoms with Gasteiger partial charge < -0.3 is 126 Å². The number of anilines is 1. The second kappa shape index (κ2) is 50.9. The highest BCUT2D eigenvalue weighted by Crippen LogP contribution is 2.35. The first-order valence-corrected chi connectivity index (χ1v) is 46.9. The fourth-order valence-corrected chi connectivity index (χ4v) is 16.7. The molecule has 0 spiro atoms. The van der Waals surface area contributed by atoms with Crippen molar-refractivity contribution in [3.05, 3.63) is 102 Å². The van der Waals surface area contributed by atoms with E-state index < -0.39 is 272 Å². The number of nitrogens with one attached hydrogen (secondary N) is 10. The molecular formula is C96H129N19O28. The predicted octanol–water partition coefficient (Wildman–Crippen LogP) is 0.875. The normalized spacial score (nSPS) is 22.1. The number of ether oxygens (including phenoxy) is 8. The average Bonchev–Trinajstić information content (AvgIpc) is 0.759. The second-order valence-corrected chi connectivity index (χ2v) is 37.1. The topological polar surface area (TPSA) is 607 Å². The first kappa shape index (κ1) is 112. The lowest BCUT2D eigenvalue weighted by atomic mass is 9.97. The highest BCUT2D eigenvalue weighted by atomic mass is 16.7. The zero-order chi connectivity index (χ0) is 105. The third-order valence-corrected chi connectivity index (χ3v) is 23.9. The molecule has 12 N–H and O–H groups in total. The van der Waals surface area contributed by atoms with Gasteiger partial charge in [0.05, 0.1) is 44.3 Å². The quantitative estimate of drug-likeness (QED) is 0.0219. The van der Waals surface area contributed by atoms with E-state index in [0.717, 1.165) is 52.4 Å². The number of fused-ring (bicyclic) bond motifs is 4. The Labute approximate surface area is 825 Å². The largest absolute Gasteiger partial charge is 0.486 e. The summed E-state index contributed by atoms with van der Waals surface area (Å²) in [5, 5.41) is 27.2. The summed E-state index contributed by atoms with van der Waals surface area (Å²) in [6.07, 6.45) is -8.96. The molecule has 0 saturated carbocycles. The van der Waals surface area contributed by atoms with Crippen LogP contribution in [0, 0.1) is 17.8 Å². The number of hydrogen-bond acceptors (Lipinski definition) is 30. The van der Waals surface area contributed by atoms with Gasteiger partial charge in [0, 0.05) is 98.1 Å². The van der Waals surface area contributed by atoms with Crippen LogP contribution in [0.4, 0.5) is 15.3 Å². The predicted molar refractivity (Wildman–Crippen MR) is 509 cm³/mol. The van der Waals surface area contributed by atoms with Gasteiger partial charge in [-0.05, 0) is 132 Å². The van der Waals surface area contributed by atoms with Crippen molar-refractivity contribution in [3.8, 4) is 11.5 Å². The van der Waals surface area contributed by atoms with Gasteiger partial charge in [0.15, 0.2) is 41.2 Å². The standard InChI is InChI=1S/C96H129N19O28/c1-50(2)73(109-95(135)143-96(10,11)12)85(126)106-62(31-26-38-98-94(97)134)82(123)103-59-36-34-56(35-37-59)49-137-67-41-57-27-18-20-29-60(57)104-74(67)86(127)107-63-43-99-88(129)76(51(3)4)112(15)71(121)47-110(13)70(120)46-102-84(125)66-33-23-25-40-115(66)91(132)64(44-100-89(130)77(52(5)6)113(16)72(122)48-111(14)69(119)45-101-83(124)65-32-22-24-39-114(65)90(63)131)108-87(128)75-68(42-58-28-19-21-30-61(58)105-75)141-93-81(140-55(9)118)79(139-54(8)117)78(138-53(7)116)80(142-93)92(133)136-17/h18-21,27-30,34-37,41-42,50-52,62-66,73,76-81,93H,22-26,31-33,38-40,43-49H2,1-17H3,(H,99,129)(H,100,130)(H,101,124)(H,102,125)(H,103,123)(H,106,126)(H,107,127)(H,108,128)(H,109,135)(H3,97,98,134)/t62-,63-,64+,65-,66-,73-,76-,77-,78-,79-,80-,81+,93+/m0/s1. The number of methoxy groups -OCH3 is 1. The SMILES string of the molecule is COC(=O)[C@H]1O[C@@H](Oc2cc3ccccc3nc2C(=O)N[C@@H]2CNC(=O)[C@H](C(C)C)N(C)C(=O)CN(C)C(=O)CNC(=O)[C@@H]3CCCCN3C(=O)[C@@H](NC(=O)c3nc4ccccc4cc3OCc3ccc(NC(=O)[C@H](CCCNC(N)=O)NC(=O)[C@@H](NC(=O)OC(C)(C)C)C(C)C)cc3)CNC(=O)[C@H](C(C)C)N(C)C(=O)CN(C)C(=O)CNC(=O)[C@@H]3CCCCN3C2=O)[C@H](OC(C)=O)[C@@H](OC(C)=O)[C@@H]1OC(C)=O. The van der Waals surface area contributed by atoms with Crippen LogP contribution < -0.4 is 68.4 Å². The van der Waals surface area contributed by atoms with E-state index in [2.05, 4.69) is 58.2 Å². The van der Waals surface area contributed by atoms with E-state index in [-0.39, 0.29) is 81.0 Å². The van der Waals surface area contributed by atoms with Gasteiger partial charge in [-0.3, -0.25) is 81.5 Å². The van der Waals surface area contributed by atoms with E-state index in [1.54, 1.807) is 129 Å². The van der Waals surface area contributed by atoms with Crippen LogP contribution in [0.5, 0.6) is 11.5 Å². The first-order chi connectivity index (χ1) is 67.5. The van der Waals surface area contributed by atoms with Crippen LogP contribution in [0.15, 0.2) is 84.9 Å². The maximum atomic E-state index is 15.6. The maximum absolute atomic E-state index is 15.6. The van der Waals surface area contributed by atoms with Crippen molar-refractivity contribution < 1.29 is 134 Å². The number of nitrogens with two attached hydrogens (primary N) is 1. The molecule has 4 saturated heterocycles. The van der Waals surface area contributed by atoms with E-state index >= 15 is 19.2 Å². The van der Waals surface area contributed by atoms with Gasteiger partial charge in [0.1, 0.15) is 60.5 Å². The number of likely N-dealkylation sites (N-methyl/N-ethyl adjacent to an activating group) is 4. The summed E-state index contributed by atoms with van der Waals surface area (Å²) in [5.41, 5.74) is 4.60. The Kier molecular flexibility index (Phi) is 39.8. The third-order valence-electron chi connectivity index (χ3n) is 23.9. The molecule has 47 nitrogen and oxygen atoms in total. The van der Waals surface area contributed by atoms with Crippen LogP contribution >= 0.6 is 0 Å². The molecule has 776 valence electrons. The Morgan fingerprint density at radius 3 is 1.47 bits per heavy atom. The lowest BCUT2D eigenvalue weighted by Crippen LogP contribution is -2.64. The number of urea groups is 1. The zero-order valence-corrected chi connectivity index (χ0v) is 83.1. The Morgan fingerprint density at radius 1 is 0.552 bits per heavy atom. The zero-order valence-electron chi connectivity index (χ0n) is 83.1. The molecule has 0 aliphatic carbocycles. The summed E-state index contributed by atoms with van der Waals surface area (Å²) in [4.78, 5) is 298. The number of rotatable bonds is 25. The summed E-state index contributed by atoms with van der Waals surface area (Å²) in [7, 11) is 6.03. The molecule has 0 bridgehead atoms. The summed E-state index contributed by atoms with van der Waals surface area (Å²) in [5.74, 6) is -19.0. The lowest BCUT2D eigenvalue weighted by molar-refractivity contribution is -0.282. The van der Waals surface area contributed by atoms with Crippen LogP contribution in [0.1, 0.15) is 161 Å². The van der Waals surface area contributed by atoms with E-state index in [4.69, 9.17) is 48.6 Å². The molecule has 3 aromatic carbocycles. The molecule has 4 fully saturated rings. The fraction of sp³-hybridized carbons (Fsp3) is 0.542. The number of pyridine rings is 2. The van der Waals surface area contributed by atoms with Crippen molar-refractivity contribution in [2.75, 3.05) is 99.5 Å². The number of esters is 4. The van der Waals surface area contributed by atoms with Gasteiger partial charge in [0.25, 0.3) is 11.8 Å². The number of hydrogen-bond donors (Lipinski definition) is 11. The van der Waals surface area contributed by atoms with Crippen LogP contribution in [0.25, 0.3) is 21.8 Å². The highest BCUT2D eigenvalue weighted by molar-refractivity contribution is 6.04. The number of amides is 17. The van der Waals surface area contributed by atoms with Crippen LogP contribution in [-0.4, -0.2) is 337 Å². The van der Waals surface area contributed by atoms with E-state index in [1.807, 2.05) is 0 Å². The minimum Gasteiger partial charge on any atom is -0.486 e. The van der Waals surface area contributed by atoms with Gasteiger partial charge in [0.2, 0.25) is 83.3 Å². The molecule has 143 heavy (non-hydrogen) atoms. The van der Waals surface area contributed by atoms with Crippen LogP contribution in [-0.2, 0) is 112 Å². The van der Waals surface area contributed by atoms with Crippen molar-refractivity contribution in [3.63, 3.8) is 0 Å². The molecule has 5 aromatic rings. The summed E-state index contributed by atoms with van der Waals surface area (Å²) >= 11 is 0. The molecule has 47 heteroatoms. The molecular weight excluding hydrogens is 1870 g/mol. The molecule has 13 atom stereocenters. The lowest BCUT2D eigenvalue weighted by Gasteiger charge is -2.43. The number of primary amides is 1. The number of para-hydroxylation sites is 2. The Hall–Kier alpha value is -15.0. The molecule has 0 unspecified atom stereocenters. The van der Waals surface area contributed by atoms with Crippen molar-refractivity contribution in [1.29, 1.82) is 0 Å². The number of aromatic nitrogens is 2. The second-order valence-electron chi connectivity index (χ2n) is 37.1. The van der Waals surface area contributed by atoms with Gasteiger partial charge >= 0.3 is 36.0 Å². The number of piperidine rings is 2. The van der Waals surface area contributed by atoms with Gasteiger partial charge in [-0.15, -0.1) is 0 Å². The minimum absolute atomic E-state index is 0.0180. The summed E-state index contributed by atoms with van der Waals surface area (Å²) in [6, 6.07) is 9.81. The molecule has 9 rings (SSSR count). The molecule has 17 amide bonds. The monoisotopic (exact) mass is 2000 g/mol. The molecule has 4 aliphatic heterocycles. The van der Waals surface area contributed by atoms with E-state index in [0.29, 0.717) is 41.1 Å². The van der Waals surface area contributed by atoms with Crippen molar-refractivity contribution in [2.24, 2.45) is 23.5 Å². The fourth-order valence-electron chi connectivity index (χ4n) is 16.7. The van der Waals surface area contributed by atoms with E-state index in [1.165, 1.54) is 51.3 Å². The minimum atomic E-state index is -2.06. The number of nitrogens with zero attached hydrogens (tertiary/aromatic N) is 8. The highest BCUT2D eigenvalue weighted by Gasteiger charge is 2.57. The first-order valence-electron chi connectivity index (χ1n) is 46.9. The van der Waals surface area contributed by atoms with Crippen LogP contribution in [0.3, 0.4) is 0 Å². The van der Waals surface area contributed by atoms with Gasteiger partial charge in [-0.1, -0.05) is 90.1 Å².